The highest BCUT2D eigenvalue weighted by molar-refractivity contribution is 5.86. The molecule has 0 aliphatic heterocycles. The summed E-state index contributed by atoms with van der Waals surface area (Å²) in [7, 11) is 0. The number of nitrogen functional groups attached to an aromatic ring is 1. The monoisotopic (exact) mass is 232 g/mol. The molecule has 0 unspecified atom stereocenters. The largest absolute Gasteiger partial charge is 0.394 e. The average Bonchev–Trinajstić information content (AvgIpc) is 2.31. The molecule has 2 rings (SSSR count). The number of rotatable bonds is 1. The maximum Gasteiger partial charge on any atom is 0.330 e. The van der Waals surface area contributed by atoms with Crippen LogP contribution in [0.25, 0.3) is 10.9 Å². The Morgan fingerprint density at radius 3 is 2.65 bits per heavy atom. The van der Waals surface area contributed by atoms with Crippen LogP contribution in [0, 0.1) is 6.92 Å². The summed E-state index contributed by atoms with van der Waals surface area (Å²) in [6, 6.07) is 7.11. The number of carbonyl (C=O) groups excluding carboxylic acids is 1. The van der Waals surface area contributed by atoms with Gasteiger partial charge in [0.25, 0.3) is 0 Å². The average molecular weight is 232 g/mol. The van der Waals surface area contributed by atoms with Gasteiger partial charge in [-0.25, -0.2) is 4.79 Å². The Hall–Kier alpha value is -2.30. The summed E-state index contributed by atoms with van der Waals surface area (Å²) in [4.78, 5) is 27.8. The Kier molecular flexibility index (Phi) is 2.59. The van der Waals surface area contributed by atoms with Gasteiger partial charge < -0.3 is 10.6 Å². The zero-order valence-corrected chi connectivity index (χ0v) is 9.56. The summed E-state index contributed by atoms with van der Waals surface area (Å²) in [5.41, 5.74) is 6.49. The van der Waals surface area contributed by atoms with E-state index in [1.54, 1.807) is 19.1 Å². The van der Waals surface area contributed by atoms with Crippen molar-refractivity contribution in [3.63, 3.8) is 0 Å². The maximum absolute atomic E-state index is 11.9. The second-order valence-electron chi connectivity index (χ2n) is 3.74. The summed E-state index contributed by atoms with van der Waals surface area (Å²) in [5.74, 6) is -0.569. The number of benzene rings is 1. The van der Waals surface area contributed by atoms with Crippen molar-refractivity contribution in [3.05, 3.63) is 40.2 Å². The molecule has 0 spiro atoms. The van der Waals surface area contributed by atoms with Gasteiger partial charge in [-0.3, -0.25) is 4.79 Å². The van der Waals surface area contributed by atoms with Crippen LogP contribution in [0.15, 0.2) is 29.1 Å². The molecule has 0 radical (unpaired) electrons. The Morgan fingerprint density at radius 1 is 1.35 bits per heavy atom. The van der Waals surface area contributed by atoms with Gasteiger partial charge in [0, 0.05) is 12.3 Å². The van der Waals surface area contributed by atoms with E-state index in [0.717, 1.165) is 10.1 Å². The van der Waals surface area contributed by atoms with E-state index in [1.165, 1.54) is 6.92 Å². The van der Waals surface area contributed by atoms with Gasteiger partial charge in [-0.1, -0.05) is 18.2 Å². The smallest absolute Gasteiger partial charge is 0.330 e. The van der Waals surface area contributed by atoms with E-state index >= 15 is 0 Å². The number of hydrogen-bond acceptors (Lipinski definition) is 4. The SMILES string of the molecule is CC(=O)On1c(=O)c(N)c(C)c2ccccc21. The van der Waals surface area contributed by atoms with Crippen molar-refractivity contribution in [3.8, 4) is 0 Å². The maximum atomic E-state index is 11.9. The summed E-state index contributed by atoms with van der Waals surface area (Å²) >= 11 is 0. The van der Waals surface area contributed by atoms with Gasteiger partial charge in [-0.2, -0.15) is 0 Å². The molecular formula is C12H12N2O3. The fourth-order valence-corrected chi connectivity index (χ4v) is 1.71. The molecule has 0 atom stereocenters. The molecular weight excluding hydrogens is 220 g/mol. The number of para-hydroxylation sites is 1. The molecule has 5 nitrogen and oxygen atoms in total. The van der Waals surface area contributed by atoms with E-state index < -0.39 is 11.5 Å². The van der Waals surface area contributed by atoms with E-state index in [2.05, 4.69) is 0 Å². The predicted molar refractivity (Wildman–Crippen MR) is 64.6 cm³/mol. The van der Waals surface area contributed by atoms with Crippen molar-refractivity contribution in [1.29, 1.82) is 0 Å². The molecule has 1 aromatic carbocycles. The molecule has 0 bridgehead atoms. The minimum Gasteiger partial charge on any atom is -0.394 e. The zero-order chi connectivity index (χ0) is 12.6. The van der Waals surface area contributed by atoms with E-state index in [-0.39, 0.29) is 5.69 Å². The molecule has 0 amide bonds. The minimum absolute atomic E-state index is 0.0879. The van der Waals surface area contributed by atoms with Gasteiger partial charge in [0.15, 0.2) is 0 Å². The van der Waals surface area contributed by atoms with E-state index in [0.29, 0.717) is 11.1 Å². The number of anilines is 1. The van der Waals surface area contributed by atoms with Gasteiger partial charge >= 0.3 is 11.5 Å². The summed E-state index contributed by atoms with van der Waals surface area (Å²) in [6.07, 6.45) is 0. The van der Waals surface area contributed by atoms with Gasteiger partial charge in [-0.05, 0) is 18.6 Å². The third-order valence-electron chi connectivity index (χ3n) is 2.57. The molecule has 0 aliphatic carbocycles. The summed E-state index contributed by atoms with van der Waals surface area (Å²) in [5, 5.41) is 0.783. The molecule has 5 heteroatoms. The molecule has 17 heavy (non-hydrogen) atoms. The molecule has 2 N–H and O–H groups in total. The van der Waals surface area contributed by atoms with Crippen molar-refractivity contribution in [2.45, 2.75) is 13.8 Å². The van der Waals surface area contributed by atoms with Crippen LogP contribution in [0.1, 0.15) is 12.5 Å². The fraction of sp³-hybridized carbons (Fsp3) is 0.167. The van der Waals surface area contributed by atoms with Crippen molar-refractivity contribution in [2.24, 2.45) is 0 Å². The third-order valence-corrected chi connectivity index (χ3v) is 2.57. The Bertz CT molecular complexity index is 659. The second kappa shape index (κ2) is 3.93. The molecule has 0 saturated carbocycles. The Labute approximate surface area is 97.4 Å². The molecule has 88 valence electrons. The van der Waals surface area contributed by atoms with Crippen molar-refractivity contribution in [2.75, 3.05) is 5.73 Å². The Morgan fingerprint density at radius 2 is 2.00 bits per heavy atom. The lowest BCUT2D eigenvalue weighted by Crippen LogP contribution is -2.32. The first-order chi connectivity index (χ1) is 8.02. The van der Waals surface area contributed by atoms with Crippen molar-refractivity contribution < 1.29 is 9.63 Å². The number of carbonyl (C=O) groups is 1. The van der Waals surface area contributed by atoms with Crippen molar-refractivity contribution in [1.82, 2.24) is 4.73 Å². The van der Waals surface area contributed by atoms with Crippen LogP contribution in [-0.2, 0) is 4.79 Å². The number of aromatic nitrogens is 1. The molecule has 1 heterocycles. The lowest BCUT2D eigenvalue weighted by atomic mass is 10.1. The summed E-state index contributed by atoms with van der Waals surface area (Å²) < 4.78 is 0.931. The molecule has 0 fully saturated rings. The fourth-order valence-electron chi connectivity index (χ4n) is 1.71. The molecule has 1 aromatic heterocycles. The van der Waals surface area contributed by atoms with Crippen LogP contribution in [0.2, 0.25) is 0 Å². The number of nitrogens with two attached hydrogens (primary N) is 1. The topological polar surface area (TPSA) is 74.3 Å². The first-order valence-electron chi connectivity index (χ1n) is 5.11. The lowest BCUT2D eigenvalue weighted by molar-refractivity contribution is -0.141. The van der Waals surface area contributed by atoms with Crippen LogP contribution >= 0.6 is 0 Å². The van der Waals surface area contributed by atoms with Crippen molar-refractivity contribution >= 4 is 22.6 Å². The Balaban J connectivity index is 2.90. The highest BCUT2D eigenvalue weighted by Crippen LogP contribution is 2.19. The van der Waals surface area contributed by atoms with Crippen LogP contribution in [0.4, 0.5) is 5.69 Å². The van der Waals surface area contributed by atoms with E-state index in [1.807, 2.05) is 12.1 Å². The van der Waals surface area contributed by atoms with E-state index in [9.17, 15) is 9.59 Å². The number of fused-ring (bicyclic) bond motifs is 1. The lowest BCUT2D eigenvalue weighted by Gasteiger charge is -2.12. The number of hydrogen-bond donors (Lipinski definition) is 1. The normalized spacial score (nSPS) is 10.5. The number of pyridine rings is 1. The van der Waals surface area contributed by atoms with Crippen LogP contribution in [-0.4, -0.2) is 10.7 Å². The van der Waals surface area contributed by atoms with Gasteiger partial charge in [0.1, 0.15) is 5.69 Å². The summed E-state index contributed by atoms with van der Waals surface area (Å²) in [6.45, 7) is 2.99. The minimum atomic E-state index is -0.569. The highest BCUT2D eigenvalue weighted by Gasteiger charge is 2.13. The first kappa shape index (κ1) is 11.2. The predicted octanol–water partition coefficient (Wildman–Crippen LogP) is 0.867. The first-order valence-corrected chi connectivity index (χ1v) is 5.11. The van der Waals surface area contributed by atoms with Crippen LogP contribution < -0.4 is 16.1 Å². The number of aryl methyl sites for hydroxylation is 1. The van der Waals surface area contributed by atoms with E-state index in [4.69, 9.17) is 10.6 Å². The molecule has 2 aromatic rings. The highest BCUT2D eigenvalue weighted by atomic mass is 16.7. The van der Waals surface area contributed by atoms with Gasteiger partial charge in [0.2, 0.25) is 0 Å². The number of nitrogens with zero attached hydrogens (tertiary/aromatic N) is 1. The van der Waals surface area contributed by atoms with Crippen LogP contribution in [0.5, 0.6) is 0 Å². The zero-order valence-electron chi connectivity index (χ0n) is 9.56. The second-order valence-corrected chi connectivity index (χ2v) is 3.74. The van der Waals surface area contributed by atoms with Gasteiger partial charge in [-0.15, -0.1) is 4.73 Å². The molecule has 0 aliphatic rings. The van der Waals surface area contributed by atoms with Gasteiger partial charge in [0.05, 0.1) is 5.52 Å². The third kappa shape index (κ3) is 1.75. The quantitative estimate of drug-likeness (QED) is 0.791. The molecule has 0 saturated heterocycles. The van der Waals surface area contributed by atoms with Crippen LogP contribution in [0.3, 0.4) is 0 Å². The standard InChI is InChI=1S/C12H12N2O3/c1-7-9-5-3-4-6-10(9)14(17-8(2)15)12(16)11(7)13/h3-6H,13H2,1-2H3.